The summed E-state index contributed by atoms with van der Waals surface area (Å²) in [6.07, 6.45) is 0.513. The summed E-state index contributed by atoms with van der Waals surface area (Å²) >= 11 is 6.21. The van der Waals surface area contributed by atoms with E-state index in [1.165, 1.54) is 0 Å². The van der Waals surface area contributed by atoms with Crippen molar-refractivity contribution in [1.29, 1.82) is 0 Å². The standard InChI is InChI=1S/C24H30ClNO6/c1-26(2)15-21(32-24(29)12-11-23(27)28)16-31-22-10-9-19(25)14-18(22)8-7-17-5-4-6-20(13-17)30-3/h4-6,9-10,13-14,21H,7-8,11-12,15-16H2,1-3H3,(H,27,28). The van der Waals surface area contributed by atoms with Crippen LogP contribution in [0.15, 0.2) is 42.5 Å². The molecule has 0 amide bonds. The second-order valence-electron chi connectivity index (χ2n) is 7.68. The molecule has 0 bridgehead atoms. The van der Waals surface area contributed by atoms with E-state index in [4.69, 9.17) is 30.9 Å². The van der Waals surface area contributed by atoms with Crippen LogP contribution in [-0.4, -0.2) is 62.4 Å². The number of ether oxygens (including phenoxy) is 3. The summed E-state index contributed by atoms with van der Waals surface area (Å²) < 4.78 is 16.7. The fourth-order valence-electron chi connectivity index (χ4n) is 3.16. The van der Waals surface area contributed by atoms with Crippen LogP contribution in [0.4, 0.5) is 0 Å². The summed E-state index contributed by atoms with van der Waals surface area (Å²) in [5.41, 5.74) is 2.08. The highest BCUT2D eigenvalue weighted by Gasteiger charge is 2.18. The number of likely N-dealkylation sites (N-methyl/N-ethyl adjacent to an activating group) is 1. The number of hydrogen-bond acceptors (Lipinski definition) is 6. The average Bonchev–Trinajstić information content (AvgIpc) is 2.75. The number of halogens is 1. The summed E-state index contributed by atoms with van der Waals surface area (Å²) in [6, 6.07) is 13.3. The Labute approximate surface area is 193 Å². The summed E-state index contributed by atoms with van der Waals surface area (Å²) in [7, 11) is 5.36. The molecule has 0 spiro atoms. The molecule has 32 heavy (non-hydrogen) atoms. The Balaban J connectivity index is 2.04. The van der Waals surface area contributed by atoms with Crippen LogP contribution in [0.2, 0.25) is 5.02 Å². The molecule has 2 aromatic rings. The molecule has 0 heterocycles. The van der Waals surface area contributed by atoms with E-state index in [1.807, 2.05) is 55.4 Å². The van der Waals surface area contributed by atoms with Crippen molar-refractivity contribution in [1.82, 2.24) is 4.90 Å². The van der Waals surface area contributed by atoms with E-state index in [2.05, 4.69) is 0 Å². The molecule has 0 saturated heterocycles. The van der Waals surface area contributed by atoms with Gasteiger partial charge in [-0.2, -0.15) is 0 Å². The van der Waals surface area contributed by atoms with Gasteiger partial charge in [0.15, 0.2) is 0 Å². The van der Waals surface area contributed by atoms with Crippen LogP contribution in [0.5, 0.6) is 11.5 Å². The topological polar surface area (TPSA) is 85.3 Å². The van der Waals surface area contributed by atoms with E-state index in [1.54, 1.807) is 13.2 Å². The van der Waals surface area contributed by atoms with Crippen molar-refractivity contribution in [3.8, 4) is 11.5 Å². The van der Waals surface area contributed by atoms with Gasteiger partial charge < -0.3 is 24.2 Å². The number of benzene rings is 2. The molecule has 2 rings (SSSR count). The molecule has 0 fully saturated rings. The number of methoxy groups -OCH3 is 1. The number of nitrogens with zero attached hydrogens (tertiary/aromatic N) is 1. The van der Waals surface area contributed by atoms with Crippen molar-refractivity contribution in [3.05, 3.63) is 58.6 Å². The van der Waals surface area contributed by atoms with Crippen LogP contribution in [0.25, 0.3) is 0 Å². The number of carbonyl (C=O) groups is 2. The number of hydrogen-bond donors (Lipinski definition) is 1. The Bertz CT molecular complexity index is 902. The Morgan fingerprint density at radius 1 is 1.09 bits per heavy atom. The monoisotopic (exact) mass is 463 g/mol. The summed E-state index contributed by atoms with van der Waals surface area (Å²) in [5.74, 6) is -0.120. The lowest BCUT2D eigenvalue weighted by atomic mass is 10.0. The van der Waals surface area contributed by atoms with Gasteiger partial charge in [0.25, 0.3) is 0 Å². The van der Waals surface area contributed by atoms with Gasteiger partial charge in [-0.15, -0.1) is 0 Å². The molecule has 2 aromatic carbocycles. The Morgan fingerprint density at radius 2 is 1.88 bits per heavy atom. The lowest BCUT2D eigenvalue weighted by molar-refractivity contribution is -0.153. The second kappa shape index (κ2) is 12.9. The molecule has 1 unspecified atom stereocenters. The zero-order valence-electron chi connectivity index (χ0n) is 18.7. The highest BCUT2D eigenvalue weighted by Crippen LogP contribution is 2.25. The SMILES string of the molecule is COc1cccc(CCc2cc(Cl)ccc2OCC(CN(C)C)OC(=O)CCC(=O)O)c1. The third-order valence-corrected chi connectivity index (χ3v) is 4.91. The smallest absolute Gasteiger partial charge is 0.306 e. The Hall–Kier alpha value is -2.77. The molecule has 8 heteroatoms. The molecular formula is C24H30ClNO6. The lowest BCUT2D eigenvalue weighted by Gasteiger charge is -2.22. The van der Waals surface area contributed by atoms with Crippen LogP contribution in [0.3, 0.4) is 0 Å². The summed E-state index contributed by atoms with van der Waals surface area (Å²) in [5, 5.41) is 9.36. The fraction of sp³-hybridized carbons (Fsp3) is 0.417. The van der Waals surface area contributed by atoms with Crippen molar-refractivity contribution in [3.63, 3.8) is 0 Å². The number of aryl methyl sites for hydroxylation is 2. The van der Waals surface area contributed by atoms with E-state index in [9.17, 15) is 9.59 Å². The molecule has 0 aliphatic heterocycles. The first-order valence-electron chi connectivity index (χ1n) is 10.4. The van der Waals surface area contributed by atoms with Gasteiger partial charge >= 0.3 is 11.9 Å². The predicted molar refractivity (Wildman–Crippen MR) is 123 cm³/mol. The minimum atomic E-state index is -1.04. The lowest BCUT2D eigenvalue weighted by Crippen LogP contribution is -2.35. The number of carboxylic acids is 1. The molecule has 0 aliphatic carbocycles. The molecule has 1 N–H and O–H groups in total. The maximum absolute atomic E-state index is 12.0. The molecule has 1 atom stereocenters. The molecular weight excluding hydrogens is 434 g/mol. The molecule has 174 valence electrons. The molecule has 0 aromatic heterocycles. The minimum Gasteiger partial charge on any atom is -0.497 e. The van der Waals surface area contributed by atoms with Gasteiger partial charge in [0, 0.05) is 11.6 Å². The van der Waals surface area contributed by atoms with Crippen LogP contribution < -0.4 is 9.47 Å². The first-order chi connectivity index (χ1) is 15.3. The van der Waals surface area contributed by atoms with Crippen LogP contribution in [0.1, 0.15) is 24.0 Å². The van der Waals surface area contributed by atoms with Gasteiger partial charge in [0.2, 0.25) is 0 Å². The van der Waals surface area contributed by atoms with Gasteiger partial charge in [-0.3, -0.25) is 9.59 Å². The quantitative estimate of drug-likeness (QED) is 0.451. The zero-order valence-corrected chi connectivity index (χ0v) is 19.4. The molecule has 7 nitrogen and oxygen atoms in total. The fourth-order valence-corrected chi connectivity index (χ4v) is 3.35. The Kier molecular flexibility index (Phi) is 10.3. The predicted octanol–water partition coefficient (Wildman–Crippen LogP) is 3.85. The maximum atomic E-state index is 12.0. The third-order valence-electron chi connectivity index (χ3n) is 4.67. The van der Waals surface area contributed by atoms with Gasteiger partial charge in [-0.25, -0.2) is 0 Å². The van der Waals surface area contributed by atoms with Crippen molar-refractivity contribution in [2.45, 2.75) is 31.8 Å². The van der Waals surface area contributed by atoms with Crippen molar-refractivity contribution in [2.75, 3.05) is 34.4 Å². The number of aliphatic carboxylic acids is 1. The molecule has 0 saturated carbocycles. The highest BCUT2D eigenvalue weighted by molar-refractivity contribution is 6.30. The number of carboxylic acid groups (broad SMARTS) is 1. The van der Waals surface area contributed by atoms with Gasteiger partial charge in [0.05, 0.1) is 20.0 Å². The summed E-state index contributed by atoms with van der Waals surface area (Å²) in [6.45, 7) is 0.594. The maximum Gasteiger partial charge on any atom is 0.306 e. The zero-order chi connectivity index (χ0) is 23.5. The van der Waals surface area contributed by atoms with Gasteiger partial charge in [0.1, 0.15) is 24.2 Å². The average molecular weight is 464 g/mol. The minimum absolute atomic E-state index is 0.144. The van der Waals surface area contributed by atoms with Crippen LogP contribution in [-0.2, 0) is 27.2 Å². The Morgan fingerprint density at radius 3 is 2.56 bits per heavy atom. The van der Waals surface area contributed by atoms with E-state index < -0.39 is 18.0 Å². The largest absolute Gasteiger partial charge is 0.497 e. The second-order valence-corrected chi connectivity index (χ2v) is 8.12. The van der Waals surface area contributed by atoms with E-state index in [0.717, 1.165) is 23.3 Å². The highest BCUT2D eigenvalue weighted by atomic mass is 35.5. The molecule has 0 aliphatic rings. The third kappa shape index (κ3) is 9.16. The number of esters is 1. The van der Waals surface area contributed by atoms with Gasteiger partial charge in [-0.1, -0.05) is 23.7 Å². The first kappa shape index (κ1) is 25.5. The van der Waals surface area contributed by atoms with Crippen molar-refractivity contribution < 1.29 is 28.9 Å². The van der Waals surface area contributed by atoms with Crippen molar-refractivity contribution >= 4 is 23.5 Å². The summed E-state index contributed by atoms with van der Waals surface area (Å²) in [4.78, 5) is 24.6. The number of carbonyl (C=O) groups excluding carboxylic acids is 1. The number of rotatable bonds is 13. The normalized spacial score (nSPS) is 11.8. The van der Waals surface area contributed by atoms with Crippen LogP contribution in [0, 0.1) is 0 Å². The van der Waals surface area contributed by atoms with E-state index in [-0.39, 0.29) is 19.4 Å². The van der Waals surface area contributed by atoms with Gasteiger partial charge in [-0.05, 0) is 68.4 Å². The van der Waals surface area contributed by atoms with Crippen molar-refractivity contribution in [2.24, 2.45) is 0 Å². The van der Waals surface area contributed by atoms with E-state index in [0.29, 0.717) is 23.7 Å². The van der Waals surface area contributed by atoms with E-state index >= 15 is 0 Å². The van der Waals surface area contributed by atoms with Crippen LogP contribution >= 0.6 is 11.6 Å². The molecule has 0 radical (unpaired) electrons. The first-order valence-corrected chi connectivity index (χ1v) is 10.7.